The molecule has 0 radical (unpaired) electrons. The lowest BCUT2D eigenvalue weighted by Gasteiger charge is -2.21. The molecule has 0 aliphatic carbocycles. The van der Waals surface area contributed by atoms with E-state index in [1.807, 2.05) is 23.6 Å². The zero-order valence-electron chi connectivity index (χ0n) is 11.9. The third kappa shape index (κ3) is 3.93. The Morgan fingerprint density at radius 2 is 2.04 bits per heavy atom. The Hall–Kier alpha value is -1.82. The van der Waals surface area contributed by atoms with Gasteiger partial charge in [-0.15, -0.1) is 11.3 Å². The van der Waals surface area contributed by atoms with Gasteiger partial charge >= 0.3 is 0 Å². The molecule has 4 nitrogen and oxygen atoms in total. The van der Waals surface area contributed by atoms with Crippen molar-refractivity contribution >= 4 is 40.4 Å². The minimum atomic E-state index is -0.290. The molecule has 3 aromatic rings. The van der Waals surface area contributed by atoms with Gasteiger partial charge in [0.1, 0.15) is 16.6 Å². The summed E-state index contributed by atoms with van der Waals surface area (Å²) in [6.45, 7) is 0.774. The van der Waals surface area contributed by atoms with E-state index in [1.54, 1.807) is 40.7 Å². The van der Waals surface area contributed by atoms with Crippen LogP contribution in [0.15, 0.2) is 52.5 Å². The van der Waals surface area contributed by atoms with Gasteiger partial charge in [-0.05, 0) is 35.7 Å². The van der Waals surface area contributed by atoms with E-state index in [0.717, 1.165) is 4.88 Å². The smallest absolute Gasteiger partial charge is 0.274 e. The number of furan rings is 1. The minimum Gasteiger partial charge on any atom is -0.467 e. The predicted octanol–water partition coefficient (Wildman–Crippen LogP) is 4.89. The van der Waals surface area contributed by atoms with Crippen LogP contribution in [0.2, 0.25) is 10.2 Å². The van der Waals surface area contributed by atoms with Gasteiger partial charge in [-0.1, -0.05) is 29.3 Å². The van der Waals surface area contributed by atoms with Gasteiger partial charge in [0.25, 0.3) is 5.91 Å². The molecule has 118 valence electrons. The summed E-state index contributed by atoms with van der Waals surface area (Å²) in [5.41, 5.74) is 0.141. The van der Waals surface area contributed by atoms with Crippen molar-refractivity contribution in [3.63, 3.8) is 0 Å². The van der Waals surface area contributed by atoms with Crippen molar-refractivity contribution in [1.82, 2.24) is 9.88 Å². The van der Waals surface area contributed by atoms with Gasteiger partial charge in [-0.2, -0.15) is 0 Å². The van der Waals surface area contributed by atoms with Crippen molar-refractivity contribution in [2.75, 3.05) is 0 Å². The Labute approximate surface area is 147 Å². The zero-order valence-corrected chi connectivity index (χ0v) is 14.2. The fraction of sp³-hybridized carbons (Fsp3) is 0.125. The number of thiophene rings is 1. The maximum Gasteiger partial charge on any atom is 0.274 e. The highest BCUT2D eigenvalue weighted by Crippen LogP contribution is 2.22. The maximum absolute atomic E-state index is 12.9. The molecule has 0 atom stereocenters. The molecule has 3 aromatic heterocycles. The van der Waals surface area contributed by atoms with Gasteiger partial charge in [-0.25, -0.2) is 4.98 Å². The first kappa shape index (κ1) is 16.1. The number of carbonyl (C=O) groups excluding carboxylic acids is 1. The Balaban J connectivity index is 1.89. The number of amides is 1. The van der Waals surface area contributed by atoms with E-state index in [9.17, 15) is 4.79 Å². The Bertz CT molecular complexity index is 752. The maximum atomic E-state index is 12.9. The van der Waals surface area contributed by atoms with Crippen molar-refractivity contribution < 1.29 is 9.21 Å². The number of hydrogen-bond acceptors (Lipinski definition) is 4. The highest BCUT2D eigenvalue weighted by Gasteiger charge is 2.22. The summed E-state index contributed by atoms with van der Waals surface area (Å²) in [4.78, 5) is 19.6. The third-order valence-electron chi connectivity index (χ3n) is 3.16. The largest absolute Gasteiger partial charge is 0.467 e. The first-order valence-electron chi connectivity index (χ1n) is 6.79. The Morgan fingerprint density at radius 1 is 1.17 bits per heavy atom. The van der Waals surface area contributed by atoms with Gasteiger partial charge in [0.15, 0.2) is 0 Å². The zero-order chi connectivity index (χ0) is 16.2. The molecule has 0 N–H and O–H groups in total. The van der Waals surface area contributed by atoms with Gasteiger partial charge in [-0.3, -0.25) is 4.79 Å². The molecule has 0 unspecified atom stereocenters. The summed E-state index contributed by atoms with van der Waals surface area (Å²) < 4.78 is 5.35. The van der Waals surface area contributed by atoms with Crippen LogP contribution in [0.25, 0.3) is 0 Å². The van der Waals surface area contributed by atoms with E-state index < -0.39 is 0 Å². The summed E-state index contributed by atoms with van der Waals surface area (Å²) in [5.74, 6) is 0.398. The van der Waals surface area contributed by atoms with E-state index >= 15 is 0 Å². The van der Waals surface area contributed by atoms with Crippen LogP contribution < -0.4 is 0 Å². The monoisotopic (exact) mass is 366 g/mol. The fourth-order valence-corrected chi connectivity index (χ4v) is 3.15. The topological polar surface area (TPSA) is 46.3 Å². The molecule has 1 amide bonds. The average Bonchev–Trinajstić information content (AvgIpc) is 3.22. The third-order valence-corrected chi connectivity index (χ3v) is 4.53. The molecule has 0 aliphatic heterocycles. The van der Waals surface area contributed by atoms with Crippen LogP contribution >= 0.6 is 34.5 Å². The van der Waals surface area contributed by atoms with E-state index in [2.05, 4.69) is 4.98 Å². The van der Waals surface area contributed by atoms with Gasteiger partial charge in [0.2, 0.25) is 0 Å². The summed E-state index contributed by atoms with van der Waals surface area (Å²) in [5, 5.41) is 2.47. The van der Waals surface area contributed by atoms with Gasteiger partial charge < -0.3 is 9.32 Å². The van der Waals surface area contributed by atoms with Crippen LogP contribution in [0.3, 0.4) is 0 Å². The van der Waals surface area contributed by atoms with Crippen molar-refractivity contribution in [2.24, 2.45) is 0 Å². The normalized spacial score (nSPS) is 10.7. The van der Waals surface area contributed by atoms with E-state index in [1.165, 1.54) is 0 Å². The minimum absolute atomic E-state index is 0.141. The van der Waals surface area contributed by atoms with Crippen molar-refractivity contribution in [2.45, 2.75) is 13.1 Å². The van der Waals surface area contributed by atoms with E-state index in [-0.39, 0.29) is 21.8 Å². The second-order valence-electron chi connectivity index (χ2n) is 4.78. The van der Waals surface area contributed by atoms with Crippen LogP contribution in [0, 0.1) is 0 Å². The van der Waals surface area contributed by atoms with E-state index in [4.69, 9.17) is 27.6 Å². The number of halogens is 2. The van der Waals surface area contributed by atoms with Gasteiger partial charge in [0.05, 0.1) is 24.4 Å². The lowest BCUT2D eigenvalue weighted by atomic mass is 10.2. The molecule has 3 heterocycles. The van der Waals surface area contributed by atoms with Gasteiger partial charge in [0, 0.05) is 4.88 Å². The summed E-state index contributed by atoms with van der Waals surface area (Å²) >= 11 is 13.6. The van der Waals surface area contributed by atoms with Crippen molar-refractivity contribution in [1.29, 1.82) is 0 Å². The number of nitrogens with zero attached hydrogens (tertiary/aromatic N) is 2. The summed E-state index contributed by atoms with van der Waals surface area (Å²) in [6, 6.07) is 10.6. The summed E-state index contributed by atoms with van der Waals surface area (Å²) in [6.07, 6.45) is 1.58. The van der Waals surface area contributed by atoms with Crippen LogP contribution in [-0.4, -0.2) is 15.8 Å². The number of carbonyl (C=O) groups is 1. The van der Waals surface area contributed by atoms with Crippen LogP contribution in [0.4, 0.5) is 0 Å². The standard InChI is InChI=1S/C16H12Cl2N2O2S/c17-13-5-6-14(18)19-15(13)16(21)20(9-11-3-1-7-22-11)10-12-4-2-8-23-12/h1-8H,9-10H2. The second kappa shape index (κ2) is 7.17. The highest BCUT2D eigenvalue weighted by atomic mass is 35.5. The Kier molecular flexibility index (Phi) is 5.00. The molecule has 0 saturated carbocycles. The predicted molar refractivity (Wildman–Crippen MR) is 90.9 cm³/mol. The molecule has 23 heavy (non-hydrogen) atoms. The molecule has 0 saturated heterocycles. The first-order chi connectivity index (χ1) is 11.1. The SMILES string of the molecule is O=C(c1nc(Cl)ccc1Cl)N(Cc1ccco1)Cc1cccs1. The number of aromatic nitrogens is 1. The van der Waals surface area contributed by atoms with Crippen LogP contribution in [0.1, 0.15) is 21.1 Å². The number of hydrogen-bond donors (Lipinski definition) is 0. The van der Waals surface area contributed by atoms with Crippen molar-refractivity contribution in [3.05, 3.63) is 74.5 Å². The molecule has 0 fully saturated rings. The Morgan fingerprint density at radius 3 is 2.74 bits per heavy atom. The lowest BCUT2D eigenvalue weighted by Crippen LogP contribution is -2.30. The second-order valence-corrected chi connectivity index (χ2v) is 6.61. The average molecular weight is 367 g/mol. The molecule has 0 aromatic carbocycles. The molecular weight excluding hydrogens is 355 g/mol. The molecular formula is C16H12Cl2N2O2S. The molecule has 7 heteroatoms. The quantitative estimate of drug-likeness (QED) is 0.604. The van der Waals surface area contributed by atoms with Crippen molar-refractivity contribution in [3.8, 4) is 0 Å². The van der Waals surface area contributed by atoms with Crippen LogP contribution in [-0.2, 0) is 13.1 Å². The molecule has 0 bridgehead atoms. The molecule has 3 rings (SSSR count). The number of pyridine rings is 1. The van der Waals surface area contributed by atoms with Crippen LogP contribution in [0.5, 0.6) is 0 Å². The summed E-state index contributed by atoms with van der Waals surface area (Å²) in [7, 11) is 0. The number of rotatable bonds is 5. The fourth-order valence-electron chi connectivity index (χ4n) is 2.10. The molecule has 0 aliphatic rings. The first-order valence-corrected chi connectivity index (χ1v) is 8.43. The lowest BCUT2D eigenvalue weighted by molar-refractivity contribution is 0.0714. The highest BCUT2D eigenvalue weighted by molar-refractivity contribution is 7.09. The molecule has 0 spiro atoms. The van der Waals surface area contributed by atoms with E-state index in [0.29, 0.717) is 18.8 Å².